The number of carbonyl (C=O) groups excluding carboxylic acids is 2. The lowest BCUT2D eigenvalue weighted by atomic mass is 10.1. The van der Waals surface area contributed by atoms with Crippen molar-refractivity contribution < 1.29 is 31.2 Å². The number of alkyl halides is 3. The molecule has 3 rings (SSSR count). The van der Waals surface area contributed by atoms with Crippen LogP contribution in [0.4, 0.5) is 24.5 Å². The number of benzene rings is 3. The minimum atomic E-state index is -4.71. The molecule has 0 atom stereocenters. The summed E-state index contributed by atoms with van der Waals surface area (Å²) in [5.41, 5.74) is 4.89. The highest BCUT2D eigenvalue weighted by Crippen LogP contribution is 2.31. The van der Waals surface area contributed by atoms with Crippen molar-refractivity contribution in [1.82, 2.24) is 0 Å². The van der Waals surface area contributed by atoms with Gasteiger partial charge >= 0.3 is 6.18 Å². The third-order valence-electron chi connectivity index (χ3n) is 4.48. The van der Waals surface area contributed by atoms with E-state index in [-0.39, 0.29) is 17.7 Å². The van der Waals surface area contributed by atoms with Gasteiger partial charge in [-0.2, -0.15) is 13.2 Å². The van der Waals surface area contributed by atoms with Crippen LogP contribution in [0.1, 0.15) is 21.5 Å². The number of nitrogens with one attached hydrogen (secondary N) is 2. The van der Waals surface area contributed by atoms with Crippen molar-refractivity contribution >= 4 is 33.2 Å². The van der Waals surface area contributed by atoms with E-state index in [1.54, 1.807) is 24.3 Å². The molecule has 4 N–H and O–H groups in total. The molecule has 0 saturated carbocycles. The third-order valence-corrected chi connectivity index (χ3v) is 5.84. The Morgan fingerprint density at radius 1 is 0.909 bits per heavy atom. The summed E-state index contributed by atoms with van der Waals surface area (Å²) in [6.45, 7) is 0. The summed E-state index contributed by atoms with van der Waals surface area (Å²) in [5, 5.41) is 2.59. The molecular formula is C22H18F3N3O4S. The molecule has 11 heteroatoms. The van der Waals surface area contributed by atoms with E-state index < -0.39 is 38.5 Å². The predicted octanol–water partition coefficient (Wildman–Crippen LogP) is 3.79. The predicted molar refractivity (Wildman–Crippen MR) is 116 cm³/mol. The minimum Gasteiger partial charge on any atom is -0.369 e. The van der Waals surface area contributed by atoms with Crippen LogP contribution in [0.25, 0.3) is 0 Å². The second-order valence-corrected chi connectivity index (χ2v) is 8.65. The molecule has 3 aromatic carbocycles. The van der Waals surface area contributed by atoms with Gasteiger partial charge in [-0.1, -0.05) is 30.3 Å². The number of sulfonamides is 1. The van der Waals surface area contributed by atoms with Gasteiger partial charge in [0, 0.05) is 5.69 Å². The van der Waals surface area contributed by atoms with Gasteiger partial charge in [-0.25, -0.2) is 8.42 Å². The molecule has 0 heterocycles. The standard InChI is InChI=1S/C22H18F3N3O4S/c23-22(24,25)15-4-3-5-17(13-15)33(31,32)28-19-7-2-1-6-18(19)21(30)27-16-10-8-14(9-11-16)12-20(26)29/h1-11,13,28H,12H2,(H2,26,29)(H,27,30). The molecule has 3 aromatic rings. The number of halogens is 3. The average Bonchev–Trinajstić information content (AvgIpc) is 2.74. The Hall–Kier alpha value is -3.86. The smallest absolute Gasteiger partial charge is 0.369 e. The third kappa shape index (κ3) is 6.10. The zero-order valence-electron chi connectivity index (χ0n) is 16.9. The molecule has 0 aliphatic carbocycles. The van der Waals surface area contributed by atoms with E-state index in [0.29, 0.717) is 17.3 Å². The van der Waals surface area contributed by atoms with E-state index in [1.807, 2.05) is 0 Å². The summed E-state index contributed by atoms with van der Waals surface area (Å²) in [6.07, 6.45) is -4.68. The zero-order valence-corrected chi connectivity index (χ0v) is 17.7. The van der Waals surface area contributed by atoms with Gasteiger partial charge < -0.3 is 11.1 Å². The number of nitrogens with two attached hydrogens (primary N) is 1. The molecule has 0 saturated heterocycles. The first-order chi connectivity index (χ1) is 15.5. The molecule has 0 aliphatic rings. The van der Waals surface area contributed by atoms with E-state index in [1.165, 1.54) is 24.3 Å². The first-order valence-corrected chi connectivity index (χ1v) is 10.9. The average molecular weight is 477 g/mol. The Kier molecular flexibility index (Phi) is 6.73. The lowest BCUT2D eigenvalue weighted by molar-refractivity contribution is -0.137. The van der Waals surface area contributed by atoms with Crippen molar-refractivity contribution in [2.24, 2.45) is 5.73 Å². The van der Waals surface area contributed by atoms with Crippen LogP contribution in [-0.4, -0.2) is 20.2 Å². The topological polar surface area (TPSA) is 118 Å². The molecule has 0 unspecified atom stereocenters. The van der Waals surface area contributed by atoms with Crippen molar-refractivity contribution in [3.8, 4) is 0 Å². The fourth-order valence-electron chi connectivity index (χ4n) is 2.92. The van der Waals surface area contributed by atoms with Gasteiger partial charge in [-0.15, -0.1) is 0 Å². The number of hydrogen-bond donors (Lipinski definition) is 3. The Labute approximate surface area is 187 Å². The lowest BCUT2D eigenvalue weighted by Gasteiger charge is -2.14. The van der Waals surface area contributed by atoms with E-state index in [2.05, 4.69) is 10.0 Å². The molecule has 0 spiro atoms. The van der Waals surface area contributed by atoms with Crippen LogP contribution in [0, 0.1) is 0 Å². The second-order valence-electron chi connectivity index (χ2n) is 6.97. The van der Waals surface area contributed by atoms with Crippen LogP contribution < -0.4 is 15.8 Å². The maximum Gasteiger partial charge on any atom is 0.416 e. The van der Waals surface area contributed by atoms with Gasteiger partial charge in [0.2, 0.25) is 5.91 Å². The summed E-state index contributed by atoms with van der Waals surface area (Å²) in [4.78, 5) is 23.1. The van der Waals surface area contributed by atoms with E-state index in [0.717, 1.165) is 18.2 Å². The fraction of sp³-hybridized carbons (Fsp3) is 0.0909. The van der Waals surface area contributed by atoms with Crippen molar-refractivity contribution in [3.63, 3.8) is 0 Å². The minimum absolute atomic E-state index is 0.0361. The van der Waals surface area contributed by atoms with Gasteiger partial charge in [0.25, 0.3) is 15.9 Å². The number of hydrogen-bond acceptors (Lipinski definition) is 4. The maximum absolute atomic E-state index is 13.0. The van der Waals surface area contributed by atoms with Crippen LogP contribution in [0.5, 0.6) is 0 Å². The first kappa shape index (κ1) is 23.8. The lowest BCUT2D eigenvalue weighted by Crippen LogP contribution is -2.19. The highest BCUT2D eigenvalue weighted by atomic mass is 32.2. The number of primary amides is 1. The van der Waals surface area contributed by atoms with Gasteiger partial charge in [0.05, 0.1) is 28.1 Å². The molecule has 0 aliphatic heterocycles. The maximum atomic E-state index is 13.0. The van der Waals surface area contributed by atoms with E-state index in [4.69, 9.17) is 5.73 Å². The van der Waals surface area contributed by atoms with Gasteiger partial charge in [0.15, 0.2) is 0 Å². The van der Waals surface area contributed by atoms with Crippen LogP contribution in [0.15, 0.2) is 77.7 Å². The number of amides is 2. The monoisotopic (exact) mass is 477 g/mol. The van der Waals surface area contributed by atoms with E-state index >= 15 is 0 Å². The molecule has 33 heavy (non-hydrogen) atoms. The van der Waals surface area contributed by atoms with Gasteiger partial charge in [-0.05, 0) is 48.0 Å². The molecule has 2 amide bonds. The molecule has 0 fully saturated rings. The van der Waals surface area contributed by atoms with Crippen molar-refractivity contribution in [2.45, 2.75) is 17.5 Å². The Morgan fingerprint density at radius 3 is 2.21 bits per heavy atom. The molecular weight excluding hydrogens is 459 g/mol. The highest BCUT2D eigenvalue weighted by Gasteiger charge is 2.31. The van der Waals surface area contributed by atoms with Crippen molar-refractivity contribution in [1.29, 1.82) is 0 Å². The molecule has 172 valence electrons. The van der Waals surface area contributed by atoms with Crippen LogP contribution in [0.2, 0.25) is 0 Å². The summed E-state index contributed by atoms with van der Waals surface area (Å²) >= 11 is 0. The molecule has 0 bridgehead atoms. The largest absolute Gasteiger partial charge is 0.416 e. The van der Waals surface area contributed by atoms with Crippen LogP contribution in [-0.2, 0) is 27.4 Å². The Bertz CT molecular complexity index is 1290. The Balaban J connectivity index is 1.83. The normalized spacial score (nSPS) is 11.6. The van der Waals surface area contributed by atoms with Crippen LogP contribution >= 0.6 is 0 Å². The number of anilines is 2. The van der Waals surface area contributed by atoms with Crippen molar-refractivity contribution in [2.75, 3.05) is 10.0 Å². The highest BCUT2D eigenvalue weighted by molar-refractivity contribution is 7.92. The molecule has 0 aromatic heterocycles. The quantitative estimate of drug-likeness (QED) is 0.480. The summed E-state index contributed by atoms with van der Waals surface area (Å²) in [7, 11) is -4.42. The summed E-state index contributed by atoms with van der Waals surface area (Å²) in [5.74, 6) is -1.16. The van der Waals surface area contributed by atoms with E-state index in [9.17, 15) is 31.2 Å². The van der Waals surface area contributed by atoms with Crippen molar-refractivity contribution in [3.05, 3.63) is 89.5 Å². The molecule has 0 radical (unpaired) electrons. The van der Waals surface area contributed by atoms with Gasteiger partial charge in [0.1, 0.15) is 0 Å². The zero-order chi connectivity index (χ0) is 24.2. The number of carbonyl (C=O) groups is 2. The summed E-state index contributed by atoms with van der Waals surface area (Å²) < 4.78 is 66.4. The van der Waals surface area contributed by atoms with Gasteiger partial charge in [-0.3, -0.25) is 14.3 Å². The fourth-order valence-corrected chi connectivity index (χ4v) is 4.04. The first-order valence-electron chi connectivity index (χ1n) is 9.43. The number of para-hydroxylation sites is 1. The van der Waals surface area contributed by atoms with Crippen LogP contribution in [0.3, 0.4) is 0 Å². The Morgan fingerprint density at radius 2 is 1.58 bits per heavy atom. The molecule has 7 nitrogen and oxygen atoms in total. The summed E-state index contributed by atoms with van der Waals surface area (Å²) in [6, 6.07) is 15.2. The second kappa shape index (κ2) is 9.33. The number of rotatable bonds is 7. The SMILES string of the molecule is NC(=O)Cc1ccc(NC(=O)c2ccccc2NS(=O)(=O)c2cccc(C(F)(F)F)c2)cc1.